The molecule has 0 aromatic rings. The molecule has 0 aliphatic heterocycles. The highest BCUT2D eigenvalue weighted by Crippen LogP contribution is 2.17. The van der Waals surface area contributed by atoms with Crippen molar-refractivity contribution < 1.29 is 0 Å². The Bertz CT molecular complexity index is 215. The number of rotatable bonds is 4. The predicted molar refractivity (Wildman–Crippen MR) is 65.7 cm³/mol. The quantitative estimate of drug-likeness (QED) is 0.606. The summed E-state index contributed by atoms with van der Waals surface area (Å²) in [5.41, 5.74) is 0. The fourth-order valence-corrected chi connectivity index (χ4v) is 1.78. The topological polar surface area (TPSA) is 24.4 Å². The lowest BCUT2D eigenvalue weighted by molar-refractivity contribution is 0.404. The summed E-state index contributed by atoms with van der Waals surface area (Å²) in [6, 6.07) is 0.688. The highest BCUT2D eigenvalue weighted by Gasteiger charge is 2.10. The van der Waals surface area contributed by atoms with Crippen LogP contribution < -0.4 is 5.32 Å². The molecule has 1 N–H and O–H groups in total. The molecule has 1 fully saturated rings. The molecule has 0 spiro atoms. The fourth-order valence-electron chi connectivity index (χ4n) is 1.65. The SMILES string of the molecule is BrC=N/C=C\C=C\NC1CCCCC1. The van der Waals surface area contributed by atoms with E-state index in [2.05, 4.69) is 26.2 Å². The van der Waals surface area contributed by atoms with Gasteiger partial charge >= 0.3 is 0 Å². The van der Waals surface area contributed by atoms with Gasteiger partial charge in [-0.05, 0) is 47.1 Å². The molecule has 0 heterocycles. The molecule has 1 aliphatic carbocycles. The highest BCUT2D eigenvalue weighted by molar-refractivity contribution is 9.17. The van der Waals surface area contributed by atoms with Crippen LogP contribution in [0.5, 0.6) is 0 Å². The van der Waals surface area contributed by atoms with Crippen molar-refractivity contribution in [3.8, 4) is 0 Å². The van der Waals surface area contributed by atoms with Gasteiger partial charge in [0.2, 0.25) is 0 Å². The monoisotopic (exact) mass is 256 g/mol. The molecule has 0 unspecified atom stereocenters. The van der Waals surface area contributed by atoms with Gasteiger partial charge < -0.3 is 5.32 Å². The summed E-state index contributed by atoms with van der Waals surface area (Å²) in [6.07, 6.45) is 14.4. The lowest BCUT2D eigenvalue weighted by Crippen LogP contribution is -2.26. The zero-order valence-electron chi connectivity index (χ0n) is 8.32. The third kappa shape index (κ3) is 5.22. The van der Waals surface area contributed by atoms with Crippen molar-refractivity contribution in [3.63, 3.8) is 0 Å². The molecule has 0 bridgehead atoms. The van der Waals surface area contributed by atoms with Crippen molar-refractivity contribution in [2.45, 2.75) is 38.1 Å². The summed E-state index contributed by atoms with van der Waals surface area (Å²) in [6.45, 7) is 0. The van der Waals surface area contributed by atoms with Gasteiger partial charge in [-0.1, -0.05) is 19.3 Å². The van der Waals surface area contributed by atoms with Crippen molar-refractivity contribution in [1.82, 2.24) is 5.32 Å². The number of hydrogen-bond acceptors (Lipinski definition) is 2. The average molecular weight is 257 g/mol. The van der Waals surface area contributed by atoms with Crippen molar-refractivity contribution in [2.24, 2.45) is 4.99 Å². The Balaban J connectivity index is 2.12. The van der Waals surface area contributed by atoms with Crippen LogP contribution in [0.4, 0.5) is 0 Å². The van der Waals surface area contributed by atoms with Gasteiger partial charge in [-0.25, -0.2) is 0 Å². The Hall–Kier alpha value is -0.570. The van der Waals surface area contributed by atoms with Gasteiger partial charge in [-0.3, -0.25) is 4.99 Å². The second-order valence-electron chi connectivity index (χ2n) is 3.45. The summed E-state index contributed by atoms with van der Waals surface area (Å²) < 4.78 is 0. The third-order valence-electron chi connectivity index (χ3n) is 2.37. The van der Waals surface area contributed by atoms with E-state index in [-0.39, 0.29) is 0 Å². The van der Waals surface area contributed by atoms with Crippen LogP contribution in [-0.2, 0) is 0 Å². The minimum absolute atomic E-state index is 0.688. The molecule has 2 nitrogen and oxygen atoms in total. The second-order valence-corrected chi connectivity index (χ2v) is 3.86. The Morgan fingerprint density at radius 3 is 2.64 bits per heavy atom. The Morgan fingerprint density at radius 2 is 1.93 bits per heavy atom. The van der Waals surface area contributed by atoms with E-state index in [1.165, 1.54) is 32.1 Å². The highest BCUT2D eigenvalue weighted by atomic mass is 79.9. The number of hydrogen-bond donors (Lipinski definition) is 1. The van der Waals surface area contributed by atoms with E-state index in [9.17, 15) is 0 Å². The number of halogens is 1. The first-order chi connectivity index (χ1) is 6.93. The van der Waals surface area contributed by atoms with Gasteiger partial charge in [0, 0.05) is 12.2 Å². The van der Waals surface area contributed by atoms with Crippen LogP contribution in [0.1, 0.15) is 32.1 Å². The minimum atomic E-state index is 0.688. The van der Waals surface area contributed by atoms with E-state index in [1.807, 2.05) is 18.4 Å². The molecule has 0 aromatic carbocycles. The van der Waals surface area contributed by atoms with Crippen LogP contribution in [-0.4, -0.2) is 11.2 Å². The van der Waals surface area contributed by atoms with Crippen molar-refractivity contribution in [3.05, 3.63) is 24.6 Å². The van der Waals surface area contributed by atoms with Gasteiger partial charge in [0.05, 0.1) is 5.12 Å². The normalized spacial score (nSPS) is 20.1. The van der Waals surface area contributed by atoms with Crippen LogP contribution in [0.3, 0.4) is 0 Å². The maximum Gasteiger partial charge on any atom is 0.0696 e. The molecule has 1 saturated carbocycles. The van der Waals surface area contributed by atoms with Crippen LogP contribution in [0, 0.1) is 0 Å². The smallest absolute Gasteiger partial charge is 0.0696 e. The first-order valence-corrected chi connectivity index (χ1v) is 6.04. The van der Waals surface area contributed by atoms with Crippen molar-refractivity contribution >= 4 is 21.1 Å². The van der Waals surface area contributed by atoms with E-state index in [0.717, 1.165) is 0 Å². The average Bonchev–Trinajstić information content (AvgIpc) is 2.25. The van der Waals surface area contributed by atoms with Gasteiger partial charge in [0.1, 0.15) is 0 Å². The van der Waals surface area contributed by atoms with E-state index in [4.69, 9.17) is 0 Å². The molecule has 0 aromatic heterocycles. The second kappa shape index (κ2) is 7.80. The van der Waals surface area contributed by atoms with E-state index < -0.39 is 0 Å². The van der Waals surface area contributed by atoms with Gasteiger partial charge in [-0.15, -0.1) is 0 Å². The Morgan fingerprint density at radius 1 is 1.14 bits per heavy atom. The van der Waals surface area contributed by atoms with Gasteiger partial charge in [-0.2, -0.15) is 0 Å². The standard InChI is InChI=1S/C11H17BrN2/c12-10-13-8-4-5-9-14-11-6-2-1-3-7-11/h4-5,8-11,14H,1-3,6-7H2/b8-4-,9-5+,13-10?. The number of allylic oxidation sites excluding steroid dienone is 2. The summed E-state index contributed by atoms with van der Waals surface area (Å²) in [5.74, 6) is 0. The lowest BCUT2D eigenvalue weighted by Gasteiger charge is -2.21. The Labute approximate surface area is 94.3 Å². The molecule has 0 radical (unpaired) electrons. The summed E-state index contributed by atoms with van der Waals surface area (Å²) in [4.78, 5) is 3.89. The summed E-state index contributed by atoms with van der Waals surface area (Å²) >= 11 is 3.10. The van der Waals surface area contributed by atoms with E-state index in [1.54, 1.807) is 11.3 Å². The first kappa shape index (κ1) is 11.5. The molecular weight excluding hydrogens is 240 g/mol. The molecule has 0 amide bonds. The first-order valence-electron chi connectivity index (χ1n) is 5.13. The van der Waals surface area contributed by atoms with Crippen molar-refractivity contribution in [2.75, 3.05) is 0 Å². The van der Waals surface area contributed by atoms with Crippen LogP contribution >= 0.6 is 15.9 Å². The molecule has 1 aliphatic rings. The maximum absolute atomic E-state index is 3.89. The number of aliphatic imine (C=N–C) groups is 1. The molecule has 14 heavy (non-hydrogen) atoms. The van der Waals surface area contributed by atoms with E-state index in [0.29, 0.717) is 6.04 Å². The molecule has 3 heteroatoms. The predicted octanol–water partition coefficient (Wildman–Crippen LogP) is 3.36. The largest absolute Gasteiger partial charge is 0.388 e. The van der Waals surface area contributed by atoms with Crippen LogP contribution in [0.15, 0.2) is 29.5 Å². The zero-order valence-corrected chi connectivity index (χ0v) is 9.91. The molecule has 78 valence electrons. The fraction of sp³-hybridized carbons (Fsp3) is 0.545. The maximum atomic E-state index is 3.89. The molecule has 0 saturated heterocycles. The van der Waals surface area contributed by atoms with E-state index >= 15 is 0 Å². The lowest BCUT2D eigenvalue weighted by atomic mass is 9.96. The van der Waals surface area contributed by atoms with Crippen LogP contribution in [0.25, 0.3) is 0 Å². The van der Waals surface area contributed by atoms with Gasteiger partial charge in [0.25, 0.3) is 0 Å². The number of nitrogens with one attached hydrogen (secondary N) is 1. The summed E-state index contributed by atoms with van der Waals surface area (Å²) in [5, 5.41) is 4.99. The summed E-state index contributed by atoms with van der Waals surface area (Å²) in [7, 11) is 0. The van der Waals surface area contributed by atoms with Crippen molar-refractivity contribution in [1.29, 1.82) is 0 Å². The van der Waals surface area contributed by atoms with Crippen LogP contribution in [0.2, 0.25) is 0 Å². The van der Waals surface area contributed by atoms with Gasteiger partial charge in [0.15, 0.2) is 0 Å². The molecule has 0 atom stereocenters. The Kier molecular flexibility index (Phi) is 6.41. The zero-order chi connectivity index (χ0) is 10.1. The number of nitrogens with zero attached hydrogens (tertiary/aromatic N) is 1. The third-order valence-corrected chi connectivity index (χ3v) is 2.61. The molecule has 1 rings (SSSR count). The minimum Gasteiger partial charge on any atom is -0.388 e. The molecular formula is C11H17BrN2.